The quantitative estimate of drug-likeness (QED) is 0.878. The average molecular weight is 263 g/mol. The Labute approximate surface area is 103 Å². The zero-order valence-electron chi connectivity index (χ0n) is 10.1. The van der Waals surface area contributed by atoms with Crippen LogP contribution in [0.1, 0.15) is 25.5 Å². The van der Waals surface area contributed by atoms with Gasteiger partial charge in [0.1, 0.15) is 5.75 Å². The Bertz CT molecular complexity index is 393. The molecule has 6 heteroatoms. The molecule has 0 saturated carbocycles. The Kier molecular flexibility index (Phi) is 4.59. The molecular weight excluding hydrogens is 247 g/mol. The van der Waals surface area contributed by atoms with Crippen LogP contribution in [0.15, 0.2) is 24.3 Å². The molecule has 0 radical (unpaired) electrons. The molecule has 3 N–H and O–H groups in total. The number of aliphatic hydroxyl groups is 1. The van der Waals surface area contributed by atoms with Gasteiger partial charge in [-0.3, -0.25) is 0 Å². The average Bonchev–Trinajstić information content (AvgIpc) is 2.25. The van der Waals surface area contributed by atoms with Gasteiger partial charge >= 0.3 is 6.36 Å². The minimum atomic E-state index is -4.74. The highest BCUT2D eigenvalue weighted by molar-refractivity contribution is 5.31. The monoisotopic (exact) mass is 263 g/mol. The van der Waals surface area contributed by atoms with Crippen LogP contribution in [0.3, 0.4) is 0 Å². The molecular formula is C12H16F3NO2. The number of hydrogen-bond donors (Lipinski definition) is 2. The first-order chi connectivity index (χ1) is 8.20. The lowest BCUT2D eigenvalue weighted by Gasteiger charge is -2.22. The third kappa shape index (κ3) is 4.19. The minimum absolute atomic E-state index is 0.0906. The molecule has 0 aromatic heterocycles. The summed E-state index contributed by atoms with van der Waals surface area (Å²) in [6, 6.07) is 4.58. The van der Waals surface area contributed by atoms with Crippen molar-refractivity contribution in [3.63, 3.8) is 0 Å². The molecule has 0 amide bonds. The van der Waals surface area contributed by atoms with E-state index in [9.17, 15) is 18.3 Å². The van der Waals surface area contributed by atoms with Gasteiger partial charge in [0.25, 0.3) is 0 Å². The van der Waals surface area contributed by atoms with Crippen LogP contribution in [-0.2, 0) is 0 Å². The molecule has 0 aliphatic rings. The van der Waals surface area contributed by atoms with Gasteiger partial charge in [-0.05, 0) is 23.6 Å². The number of rotatable bonds is 4. The van der Waals surface area contributed by atoms with Gasteiger partial charge in [-0.15, -0.1) is 13.2 Å². The maximum Gasteiger partial charge on any atom is 0.573 e. The number of ether oxygens (including phenoxy) is 1. The van der Waals surface area contributed by atoms with E-state index in [1.54, 1.807) is 19.9 Å². The summed E-state index contributed by atoms with van der Waals surface area (Å²) >= 11 is 0. The van der Waals surface area contributed by atoms with E-state index in [0.717, 1.165) is 0 Å². The second kappa shape index (κ2) is 5.58. The van der Waals surface area contributed by atoms with Crippen LogP contribution < -0.4 is 10.5 Å². The fourth-order valence-electron chi connectivity index (χ4n) is 1.53. The first kappa shape index (κ1) is 14.8. The van der Waals surface area contributed by atoms with Gasteiger partial charge in [-0.2, -0.15) is 0 Å². The van der Waals surface area contributed by atoms with Crippen molar-refractivity contribution in [2.75, 3.05) is 0 Å². The third-order valence-corrected chi connectivity index (χ3v) is 2.53. The van der Waals surface area contributed by atoms with E-state index in [-0.39, 0.29) is 11.7 Å². The fraction of sp³-hybridized carbons (Fsp3) is 0.500. The predicted molar refractivity (Wildman–Crippen MR) is 60.9 cm³/mol. The molecule has 0 aliphatic heterocycles. The predicted octanol–water partition coefficient (Wildman–Crippen LogP) is 2.60. The van der Waals surface area contributed by atoms with Crippen molar-refractivity contribution in [2.45, 2.75) is 32.4 Å². The van der Waals surface area contributed by atoms with Gasteiger partial charge in [0.15, 0.2) is 0 Å². The number of benzene rings is 1. The van der Waals surface area contributed by atoms with Crippen LogP contribution in [0.25, 0.3) is 0 Å². The Balaban J connectivity index is 2.88. The summed E-state index contributed by atoms with van der Waals surface area (Å²) in [7, 11) is 0. The fourth-order valence-corrected chi connectivity index (χ4v) is 1.53. The topological polar surface area (TPSA) is 55.5 Å². The second-order valence-corrected chi connectivity index (χ2v) is 4.38. The van der Waals surface area contributed by atoms with E-state index >= 15 is 0 Å². The van der Waals surface area contributed by atoms with Crippen LogP contribution in [0.5, 0.6) is 5.75 Å². The van der Waals surface area contributed by atoms with Crippen molar-refractivity contribution < 1.29 is 23.0 Å². The molecule has 0 unspecified atom stereocenters. The lowest BCUT2D eigenvalue weighted by atomic mass is 9.94. The van der Waals surface area contributed by atoms with E-state index < -0.39 is 18.5 Å². The molecule has 3 nitrogen and oxygen atoms in total. The summed E-state index contributed by atoms with van der Waals surface area (Å²) in [6.45, 7) is 3.56. The lowest BCUT2D eigenvalue weighted by Crippen LogP contribution is -2.30. The summed E-state index contributed by atoms with van der Waals surface area (Å²) in [6.07, 6.45) is -5.56. The zero-order valence-corrected chi connectivity index (χ0v) is 10.1. The van der Waals surface area contributed by atoms with Crippen molar-refractivity contribution in [1.82, 2.24) is 0 Å². The van der Waals surface area contributed by atoms with Crippen molar-refractivity contribution >= 4 is 0 Å². The summed E-state index contributed by atoms with van der Waals surface area (Å²) in [5.41, 5.74) is 6.19. The molecule has 0 saturated heterocycles. The highest BCUT2D eigenvalue weighted by Gasteiger charge is 2.31. The van der Waals surface area contributed by atoms with E-state index in [1.165, 1.54) is 18.2 Å². The second-order valence-electron chi connectivity index (χ2n) is 4.38. The van der Waals surface area contributed by atoms with Gasteiger partial charge in [0, 0.05) is 0 Å². The van der Waals surface area contributed by atoms with Crippen molar-refractivity contribution in [1.29, 1.82) is 0 Å². The minimum Gasteiger partial charge on any atom is -0.406 e. The summed E-state index contributed by atoms with van der Waals surface area (Å²) in [5, 5.41) is 9.78. The summed E-state index contributed by atoms with van der Waals surface area (Å²) in [4.78, 5) is 0. The number of hydrogen-bond acceptors (Lipinski definition) is 3. The van der Waals surface area contributed by atoms with Crippen LogP contribution in [0.2, 0.25) is 0 Å². The number of aliphatic hydroxyl groups excluding tert-OH is 1. The number of alkyl halides is 3. The molecule has 1 rings (SSSR count). The van der Waals surface area contributed by atoms with Crippen molar-refractivity contribution in [2.24, 2.45) is 11.7 Å². The van der Waals surface area contributed by atoms with E-state index in [2.05, 4.69) is 4.74 Å². The highest BCUT2D eigenvalue weighted by atomic mass is 19.4. The number of nitrogens with two attached hydrogens (primary N) is 1. The summed E-state index contributed by atoms with van der Waals surface area (Å²) < 4.78 is 40.0. The van der Waals surface area contributed by atoms with E-state index in [0.29, 0.717) is 5.56 Å². The van der Waals surface area contributed by atoms with Gasteiger partial charge in [-0.1, -0.05) is 26.0 Å². The molecule has 2 atom stereocenters. The van der Waals surface area contributed by atoms with Crippen molar-refractivity contribution in [3.8, 4) is 5.75 Å². The Morgan fingerprint density at radius 1 is 1.28 bits per heavy atom. The van der Waals surface area contributed by atoms with Crippen molar-refractivity contribution in [3.05, 3.63) is 29.8 Å². The standard InChI is InChI=1S/C12H16F3NO2/c1-7(2)11(17)10(16)8-4-3-5-9(6-8)18-12(13,14)15/h3-7,10-11,17H,16H2,1-2H3/t10-,11+/m0/s1. The highest BCUT2D eigenvalue weighted by Crippen LogP contribution is 2.27. The molecule has 0 spiro atoms. The van der Waals surface area contributed by atoms with E-state index in [4.69, 9.17) is 5.73 Å². The third-order valence-electron chi connectivity index (χ3n) is 2.53. The molecule has 0 bridgehead atoms. The molecule has 102 valence electrons. The van der Waals surface area contributed by atoms with Crippen LogP contribution in [-0.4, -0.2) is 17.6 Å². The van der Waals surface area contributed by atoms with Gasteiger partial charge < -0.3 is 15.6 Å². The molecule has 1 aromatic rings. The molecule has 0 heterocycles. The van der Waals surface area contributed by atoms with Crippen LogP contribution in [0, 0.1) is 5.92 Å². The van der Waals surface area contributed by atoms with Crippen LogP contribution in [0.4, 0.5) is 13.2 Å². The first-order valence-electron chi connectivity index (χ1n) is 5.50. The maximum atomic E-state index is 12.1. The Morgan fingerprint density at radius 2 is 1.89 bits per heavy atom. The normalized spacial score (nSPS) is 15.6. The van der Waals surface area contributed by atoms with Gasteiger partial charge in [-0.25, -0.2) is 0 Å². The largest absolute Gasteiger partial charge is 0.573 e. The zero-order chi connectivity index (χ0) is 13.9. The number of halogens is 3. The van der Waals surface area contributed by atoms with Gasteiger partial charge in [0.05, 0.1) is 12.1 Å². The maximum absolute atomic E-state index is 12.1. The lowest BCUT2D eigenvalue weighted by molar-refractivity contribution is -0.274. The molecule has 0 fully saturated rings. The smallest absolute Gasteiger partial charge is 0.406 e. The SMILES string of the molecule is CC(C)[C@@H](O)[C@@H](N)c1cccc(OC(F)(F)F)c1. The van der Waals surface area contributed by atoms with Crippen LogP contribution >= 0.6 is 0 Å². The van der Waals surface area contributed by atoms with Gasteiger partial charge in [0.2, 0.25) is 0 Å². The molecule has 0 aliphatic carbocycles. The Morgan fingerprint density at radius 3 is 2.39 bits per heavy atom. The van der Waals surface area contributed by atoms with E-state index in [1.807, 2.05) is 0 Å². The Hall–Kier alpha value is -1.27. The molecule has 18 heavy (non-hydrogen) atoms. The first-order valence-corrected chi connectivity index (χ1v) is 5.50. The molecule has 1 aromatic carbocycles. The summed E-state index contributed by atoms with van der Waals surface area (Å²) in [5.74, 6) is -0.432.